The maximum Gasteiger partial charge on any atom is 0.230 e. The van der Waals surface area contributed by atoms with Gasteiger partial charge in [0.2, 0.25) is 5.89 Å². The van der Waals surface area contributed by atoms with Gasteiger partial charge in [0.15, 0.2) is 5.82 Å². The van der Waals surface area contributed by atoms with Crippen LogP contribution in [0.4, 0.5) is 0 Å². The summed E-state index contributed by atoms with van der Waals surface area (Å²) in [5.74, 6) is 2.13. The number of hydrogen-bond acceptors (Lipinski definition) is 5. The molecule has 2 aliphatic rings. The lowest BCUT2D eigenvalue weighted by molar-refractivity contribution is 0.162. The summed E-state index contributed by atoms with van der Waals surface area (Å²) in [6.45, 7) is 11.1. The highest BCUT2D eigenvalue weighted by Gasteiger charge is 2.37. The van der Waals surface area contributed by atoms with Crippen molar-refractivity contribution in [3.63, 3.8) is 0 Å². The summed E-state index contributed by atoms with van der Waals surface area (Å²) in [7, 11) is 0. The average molecular weight is 292 g/mol. The Morgan fingerprint density at radius 3 is 2.76 bits per heavy atom. The van der Waals surface area contributed by atoms with Crippen LogP contribution in [0.2, 0.25) is 0 Å². The number of aromatic nitrogens is 2. The molecule has 1 saturated carbocycles. The van der Waals surface area contributed by atoms with Gasteiger partial charge in [-0.25, -0.2) is 0 Å². The topological polar surface area (TPSA) is 54.2 Å². The molecule has 1 saturated heterocycles. The Kier molecular flexibility index (Phi) is 4.31. The second-order valence-corrected chi connectivity index (χ2v) is 7.24. The van der Waals surface area contributed by atoms with E-state index in [0.29, 0.717) is 5.92 Å². The molecule has 0 amide bonds. The Bertz CT molecular complexity index is 465. The smallest absolute Gasteiger partial charge is 0.230 e. The molecule has 1 aliphatic heterocycles. The van der Waals surface area contributed by atoms with Crippen LogP contribution < -0.4 is 5.32 Å². The molecule has 1 aliphatic carbocycles. The maximum atomic E-state index is 5.65. The van der Waals surface area contributed by atoms with Gasteiger partial charge in [-0.15, -0.1) is 0 Å². The Morgan fingerprint density at radius 2 is 2.05 bits per heavy atom. The van der Waals surface area contributed by atoms with Crippen LogP contribution in [0, 0.1) is 5.41 Å². The first kappa shape index (κ1) is 15.0. The maximum absolute atomic E-state index is 5.65. The SMILES string of the molecule is CC(c1noc(C2CCCCC2(C)C)n1)N1CCNCC1. The summed E-state index contributed by atoms with van der Waals surface area (Å²) in [5, 5.41) is 7.67. The van der Waals surface area contributed by atoms with Gasteiger partial charge >= 0.3 is 0 Å². The number of piperazine rings is 1. The van der Waals surface area contributed by atoms with E-state index >= 15 is 0 Å². The highest BCUT2D eigenvalue weighted by molar-refractivity contribution is 5.04. The average Bonchev–Trinajstić information content (AvgIpc) is 2.96. The minimum absolute atomic E-state index is 0.247. The fraction of sp³-hybridized carbons (Fsp3) is 0.875. The third kappa shape index (κ3) is 3.14. The number of nitrogens with zero attached hydrogens (tertiary/aromatic N) is 3. The van der Waals surface area contributed by atoms with E-state index in [1.165, 1.54) is 25.7 Å². The lowest BCUT2D eigenvalue weighted by Crippen LogP contribution is -2.44. The molecule has 21 heavy (non-hydrogen) atoms. The van der Waals surface area contributed by atoms with E-state index in [2.05, 4.69) is 36.1 Å². The molecule has 0 spiro atoms. The first-order chi connectivity index (χ1) is 10.1. The molecule has 5 nitrogen and oxygen atoms in total. The molecule has 2 atom stereocenters. The van der Waals surface area contributed by atoms with Crippen molar-refractivity contribution in [1.82, 2.24) is 20.4 Å². The van der Waals surface area contributed by atoms with Crippen LogP contribution in [-0.2, 0) is 0 Å². The van der Waals surface area contributed by atoms with Crippen LogP contribution in [0.5, 0.6) is 0 Å². The van der Waals surface area contributed by atoms with Crippen molar-refractivity contribution in [3.8, 4) is 0 Å². The fourth-order valence-corrected chi connectivity index (χ4v) is 3.74. The van der Waals surface area contributed by atoms with Gasteiger partial charge < -0.3 is 9.84 Å². The third-order valence-electron chi connectivity index (χ3n) is 5.34. The molecule has 0 bridgehead atoms. The number of nitrogens with one attached hydrogen (secondary N) is 1. The van der Waals surface area contributed by atoms with E-state index in [0.717, 1.165) is 37.9 Å². The van der Waals surface area contributed by atoms with Gasteiger partial charge in [0.1, 0.15) is 0 Å². The fourth-order valence-electron chi connectivity index (χ4n) is 3.74. The van der Waals surface area contributed by atoms with Crippen molar-refractivity contribution in [1.29, 1.82) is 0 Å². The molecule has 1 aromatic heterocycles. The summed E-state index contributed by atoms with van der Waals surface area (Å²) < 4.78 is 5.65. The van der Waals surface area contributed by atoms with E-state index in [1.54, 1.807) is 0 Å². The summed E-state index contributed by atoms with van der Waals surface area (Å²) in [4.78, 5) is 7.19. The molecule has 1 N–H and O–H groups in total. The van der Waals surface area contributed by atoms with Crippen molar-refractivity contribution in [2.24, 2.45) is 5.41 Å². The zero-order chi connectivity index (χ0) is 14.9. The Morgan fingerprint density at radius 1 is 1.29 bits per heavy atom. The Labute approximate surface area is 127 Å². The van der Waals surface area contributed by atoms with Gasteiger partial charge in [-0.1, -0.05) is 31.8 Å². The van der Waals surface area contributed by atoms with E-state index < -0.39 is 0 Å². The van der Waals surface area contributed by atoms with Crippen molar-refractivity contribution < 1.29 is 4.52 Å². The molecule has 0 aromatic carbocycles. The third-order valence-corrected chi connectivity index (χ3v) is 5.34. The molecule has 2 heterocycles. The van der Waals surface area contributed by atoms with Gasteiger partial charge in [0.25, 0.3) is 0 Å². The van der Waals surface area contributed by atoms with Crippen LogP contribution in [0.15, 0.2) is 4.52 Å². The largest absolute Gasteiger partial charge is 0.339 e. The van der Waals surface area contributed by atoms with Gasteiger partial charge in [-0.2, -0.15) is 4.98 Å². The quantitative estimate of drug-likeness (QED) is 0.928. The standard InChI is InChI=1S/C16H28N4O/c1-12(20-10-8-17-9-11-20)14-18-15(21-19-14)13-6-4-5-7-16(13,2)3/h12-13,17H,4-11H2,1-3H3. The van der Waals surface area contributed by atoms with Crippen LogP contribution >= 0.6 is 0 Å². The Balaban J connectivity index is 1.73. The van der Waals surface area contributed by atoms with Crippen LogP contribution in [0.1, 0.15) is 70.1 Å². The molecular weight excluding hydrogens is 264 g/mol. The minimum atomic E-state index is 0.247. The zero-order valence-electron chi connectivity index (χ0n) is 13.6. The van der Waals surface area contributed by atoms with Crippen molar-refractivity contribution in [3.05, 3.63) is 11.7 Å². The van der Waals surface area contributed by atoms with Gasteiger partial charge in [0.05, 0.1) is 6.04 Å². The van der Waals surface area contributed by atoms with E-state index in [4.69, 9.17) is 9.51 Å². The zero-order valence-corrected chi connectivity index (χ0v) is 13.6. The van der Waals surface area contributed by atoms with Gasteiger partial charge in [-0.3, -0.25) is 4.90 Å². The number of rotatable bonds is 3. The lowest BCUT2D eigenvalue weighted by Gasteiger charge is -2.36. The second-order valence-electron chi connectivity index (χ2n) is 7.24. The molecule has 2 fully saturated rings. The predicted molar refractivity (Wildman–Crippen MR) is 82.1 cm³/mol. The monoisotopic (exact) mass is 292 g/mol. The summed E-state index contributed by atoms with van der Waals surface area (Å²) in [6.07, 6.45) is 5.03. The molecule has 3 rings (SSSR count). The van der Waals surface area contributed by atoms with Crippen molar-refractivity contribution in [2.75, 3.05) is 26.2 Å². The molecule has 0 radical (unpaired) electrons. The number of hydrogen-bond donors (Lipinski definition) is 1. The van der Waals surface area contributed by atoms with E-state index in [-0.39, 0.29) is 11.5 Å². The molecule has 5 heteroatoms. The normalized spacial score (nSPS) is 28.4. The summed E-state index contributed by atoms with van der Waals surface area (Å²) in [6, 6.07) is 0.247. The Hall–Kier alpha value is -0.940. The highest BCUT2D eigenvalue weighted by atomic mass is 16.5. The highest BCUT2D eigenvalue weighted by Crippen LogP contribution is 2.46. The summed E-state index contributed by atoms with van der Waals surface area (Å²) in [5.41, 5.74) is 0.278. The first-order valence-electron chi connectivity index (χ1n) is 8.36. The van der Waals surface area contributed by atoms with Gasteiger partial charge in [0, 0.05) is 32.1 Å². The molecular formula is C16H28N4O. The van der Waals surface area contributed by atoms with Crippen molar-refractivity contribution in [2.45, 2.75) is 58.4 Å². The van der Waals surface area contributed by atoms with Crippen LogP contribution in [0.25, 0.3) is 0 Å². The van der Waals surface area contributed by atoms with Crippen molar-refractivity contribution >= 4 is 0 Å². The predicted octanol–water partition coefficient (Wildman–Crippen LogP) is 2.72. The molecule has 2 unspecified atom stereocenters. The van der Waals surface area contributed by atoms with Crippen LogP contribution in [0.3, 0.4) is 0 Å². The van der Waals surface area contributed by atoms with Crippen LogP contribution in [-0.4, -0.2) is 41.2 Å². The summed E-state index contributed by atoms with van der Waals surface area (Å²) >= 11 is 0. The second kappa shape index (κ2) is 6.05. The van der Waals surface area contributed by atoms with E-state index in [1.807, 2.05) is 0 Å². The molecule has 1 aromatic rings. The van der Waals surface area contributed by atoms with Gasteiger partial charge in [-0.05, 0) is 25.2 Å². The first-order valence-corrected chi connectivity index (χ1v) is 8.36. The lowest BCUT2D eigenvalue weighted by atomic mass is 9.69. The minimum Gasteiger partial charge on any atom is -0.339 e. The van der Waals surface area contributed by atoms with E-state index in [9.17, 15) is 0 Å². The molecule has 118 valence electrons.